The van der Waals surface area contributed by atoms with Gasteiger partial charge in [-0.2, -0.15) is 0 Å². The van der Waals surface area contributed by atoms with E-state index in [9.17, 15) is 0 Å². The Morgan fingerprint density at radius 2 is 2.33 bits per heavy atom. The van der Waals surface area contributed by atoms with E-state index in [1.807, 2.05) is 11.4 Å². The van der Waals surface area contributed by atoms with Gasteiger partial charge in [-0.15, -0.1) is 11.3 Å². The average Bonchev–Trinajstić information content (AvgIpc) is 2.36. The standard InChI is InChI=1S/C9H14ClNS/c1-7(2)5-11-6-9-8(10)3-4-12-9/h3-4,7,11H,5-6H2,1-2H3. The van der Waals surface area contributed by atoms with Crippen molar-refractivity contribution >= 4 is 22.9 Å². The summed E-state index contributed by atoms with van der Waals surface area (Å²) < 4.78 is 0. The van der Waals surface area contributed by atoms with Gasteiger partial charge in [0.05, 0.1) is 5.02 Å². The second kappa shape index (κ2) is 4.85. The van der Waals surface area contributed by atoms with Crippen LogP contribution >= 0.6 is 22.9 Å². The molecule has 0 fully saturated rings. The molecule has 0 aliphatic heterocycles. The van der Waals surface area contributed by atoms with Gasteiger partial charge in [0, 0.05) is 11.4 Å². The minimum atomic E-state index is 0.698. The average molecular weight is 204 g/mol. The molecule has 1 N–H and O–H groups in total. The molecule has 0 radical (unpaired) electrons. The first-order valence-corrected chi connectivity index (χ1v) is 5.38. The zero-order valence-electron chi connectivity index (χ0n) is 7.43. The van der Waals surface area contributed by atoms with Crippen molar-refractivity contribution in [1.82, 2.24) is 5.32 Å². The molecule has 0 saturated heterocycles. The fraction of sp³-hybridized carbons (Fsp3) is 0.556. The smallest absolute Gasteiger partial charge is 0.0558 e. The first-order valence-electron chi connectivity index (χ1n) is 4.12. The molecular formula is C9H14ClNS. The van der Waals surface area contributed by atoms with Gasteiger partial charge in [0.1, 0.15) is 0 Å². The Hall–Kier alpha value is -0.0500. The van der Waals surface area contributed by atoms with Crippen molar-refractivity contribution in [2.24, 2.45) is 5.92 Å². The van der Waals surface area contributed by atoms with Crippen LogP contribution in [0, 0.1) is 5.92 Å². The quantitative estimate of drug-likeness (QED) is 0.793. The molecule has 0 spiro atoms. The van der Waals surface area contributed by atoms with Crippen LogP contribution in [0.15, 0.2) is 11.4 Å². The summed E-state index contributed by atoms with van der Waals surface area (Å²) in [4.78, 5) is 1.23. The Kier molecular flexibility index (Phi) is 4.06. The number of rotatable bonds is 4. The lowest BCUT2D eigenvalue weighted by molar-refractivity contribution is 0.555. The Morgan fingerprint density at radius 1 is 1.58 bits per heavy atom. The fourth-order valence-corrected chi connectivity index (χ4v) is 2.00. The van der Waals surface area contributed by atoms with E-state index in [2.05, 4.69) is 19.2 Å². The van der Waals surface area contributed by atoms with Crippen LogP contribution < -0.4 is 5.32 Å². The van der Waals surface area contributed by atoms with Gasteiger partial charge in [0.15, 0.2) is 0 Å². The van der Waals surface area contributed by atoms with Crippen LogP contribution in [0.25, 0.3) is 0 Å². The van der Waals surface area contributed by atoms with Crippen LogP contribution in [-0.4, -0.2) is 6.54 Å². The summed E-state index contributed by atoms with van der Waals surface area (Å²) in [6, 6.07) is 1.94. The zero-order valence-corrected chi connectivity index (χ0v) is 9.00. The molecule has 0 amide bonds. The summed E-state index contributed by atoms with van der Waals surface area (Å²) in [5.74, 6) is 0.698. The van der Waals surface area contributed by atoms with E-state index in [0.29, 0.717) is 5.92 Å². The van der Waals surface area contributed by atoms with Gasteiger partial charge in [-0.25, -0.2) is 0 Å². The Morgan fingerprint density at radius 3 is 2.83 bits per heavy atom. The van der Waals surface area contributed by atoms with E-state index in [0.717, 1.165) is 18.1 Å². The van der Waals surface area contributed by atoms with E-state index >= 15 is 0 Å². The van der Waals surface area contributed by atoms with E-state index in [4.69, 9.17) is 11.6 Å². The summed E-state index contributed by atoms with van der Waals surface area (Å²) in [7, 11) is 0. The van der Waals surface area contributed by atoms with Crippen molar-refractivity contribution in [3.8, 4) is 0 Å². The third-order valence-electron chi connectivity index (χ3n) is 1.53. The van der Waals surface area contributed by atoms with Crippen molar-refractivity contribution in [1.29, 1.82) is 0 Å². The maximum Gasteiger partial charge on any atom is 0.0558 e. The largest absolute Gasteiger partial charge is 0.312 e. The maximum atomic E-state index is 5.93. The molecule has 0 aromatic carbocycles. The molecular weight excluding hydrogens is 190 g/mol. The molecule has 0 saturated carbocycles. The lowest BCUT2D eigenvalue weighted by Crippen LogP contribution is -2.18. The van der Waals surface area contributed by atoms with E-state index in [1.165, 1.54) is 4.88 Å². The molecule has 12 heavy (non-hydrogen) atoms. The fourth-order valence-electron chi connectivity index (χ4n) is 0.926. The number of hydrogen-bond donors (Lipinski definition) is 1. The van der Waals surface area contributed by atoms with Gasteiger partial charge in [0.2, 0.25) is 0 Å². The first-order chi connectivity index (χ1) is 5.70. The highest BCUT2D eigenvalue weighted by Gasteiger charge is 2.00. The third kappa shape index (κ3) is 3.13. The minimum absolute atomic E-state index is 0.698. The number of nitrogens with one attached hydrogen (secondary N) is 1. The summed E-state index contributed by atoms with van der Waals surface area (Å²) in [5.41, 5.74) is 0. The third-order valence-corrected chi connectivity index (χ3v) is 2.92. The van der Waals surface area contributed by atoms with Gasteiger partial charge < -0.3 is 5.32 Å². The van der Waals surface area contributed by atoms with Crippen LogP contribution in [-0.2, 0) is 6.54 Å². The van der Waals surface area contributed by atoms with Gasteiger partial charge in [0.25, 0.3) is 0 Å². The van der Waals surface area contributed by atoms with Crippen LogP contribution in [0.4, 0.5) is 0 Å². The predicted molar refractivity (Wildman–Crippen MR) is 55.9 cm³/mol. The summed E-state index contributed by atoms with van der Waals surface area (Å²) in [5, 5.41) is 6.26. The first kappa shape index (κ1) is 10.0. The molecule has 0 atom stereocenters. The predicted octanol–water partition coefficient (Wildman–Crippen LogP) is 3.15. The van der Waals surface area contributed by atoms with E-state index in [-0.39, 0.29) is 0 Å². The van der Waals surface area contributed by atoms with Gasteiger partial charge in [-0.05, 0) is 23.9 Å². The van der Waals surface area contributed by atoms with Gasteiger partial charge >= 0.3 is 0 Å². The maximum absolute atomic E-state index is 5.93. The van der Waals surface area contributed by atoms with Gasteiger partial charge in [-0.1, -0.05) is 25.4 Å². The summed E-state index contributed by atoms with van der Waals surface area (Å²) in [6.07, 6.45) is 0. The molecule has 1 nitrogen and oxygen atoms in total. The van der Waals surface area contributed by atoms with Gasteiger partial charge in [-0.3, -0.25) is 0 Å². The van der Waals surface area contributed by atoms with Crippen molar-refractivity contribution < 1.29 is 0 Å². The van der Waals surface area contributed by atoms with Crippen molar-refractivity contribution in [2.45, 2.75) is 20.4 Å². The molecule has 1 heterocycles. The number of thiophene rings is 1. The Labute approximate surface area is 82.7 Å². The second-order valence-electron chi connectivity index (χ2n) is 3.22. The number of halogens is 1. The Balaban J connectivity index is 2.29. The minimum Gasteiger partial charge on any atom is -0.312 e. The lowest BCUT2D eigenvalue weighted by atomic mass is 10.2. The van der Waals surface area contributed by atoms with E-state index in [1.54, 1.807) is 11.3 Å². The monoisotopic (exact) mass is 203 g/mol. The molecule has 1 aromatic rings. The summed E-state index contributed by atoms with van der Waals surface area (Å²) in [6.45, 7) is 6.34. The molecule has 1 aromatic heterocycles. The molecule has 0 aliphatic rings. The molecule has 0 aliphatic carbocycles. The highest BCUT2D eigenvalue weighted by atomic mass is 35.5. The van der Waals surface area contributed by atoms with Crippen LogP contribution in [0.1, 0.15) is 18.7 Å². The normalized spacial score (nSPS) is 11.0. The van der Waals surface area contributed by atoms with Crippen molar-refractivity contribution in [3.63, 3.8) is 0 Å². The highest BCUT2D eigenvalue weighted by molar-refractivity contribution is 7.10. The Bertz CT molecular complexity index is 232. The molecule has 0 unspecified atom stereocenters. The molecule has 3 heteroatoms. The van der Waals surface area contributed by atoms with Crippen LogP contribution in [0.5, 0.6) is 0 Å². The van der Waals surface area contributed by atoms with Crippen molar-refractivity contribution in [3.05, 3.63) is 21.3 Å². The molecule has 0 bridgehead atoms. The topological polar surface area (TPSA) is 12.0 Å². The second-order valence-corrected chi connectivity index (χ2v) is 4.62. The van der Waals surface area contributed by atoms with Crippen LogP contribution in [0.2, 0.25) is 5.02 Å². The highest BCUT2D eigenvalue weighted by Crippen LogP contribution is 2.21. The molecule has 1 rings (SSSR count). The van der Waals surface area contributed by atoms with Crippen LogP contribution in [0.3, 0.4) is 0 Å². The van der Waals surface area contributed by atoms with Crippen molar-refractivity contribution in [2.75, 3.05) is 6.54 Å². The zero-order chi connectivity index (χ0) is 8.97. The number of hydrogen-bond acceptors (Lipinski definition) is 2. The lowest BCUT2D eigenvalue weighted by Gasteiger charge is -2.05. The SMILES string of the molecule is CC(C)CNCc1sccc1Cl. The van der Waals surface area contributed by atoms with E-state index < -0.39 is 0 Å². The summed E-state index contributed by atoms with van der Waals surface area (Å²) >= 11 is 7.63. The molecule has 68 valence electrons.